The van der Waals surface area contributed by atoms with Gasteiger partial charge in [0, 0.05) is 24.3 Å². The summed E-state index contributed by atoms with van der Waals surface area (Å²) >= 11 is 0. The maximum Gasteiger partial charge on any atom is 0.226 e. The van der Waals surface area contributed by atoms with Crippen LogP contribution in [0.2, 0.25) is 0 Å². The highest BCUT2D eigenvalue weighted by molar-refractivity contribution is 5.79. The van der Waals surface area contributed by atoms with Crippen molar-refractivity contribution in [2.24, 2.45) is 5.92 Å². The predicted molar refractivity (Wildman–Crippen MR) is 105 cm³/mol. The van der Waals surface area contributed by atoms with Crippen LogP contribution in [0.15, 0.2) is 24.3 Å². The Hall–Kier alpha value is -1.39. The van der Waals surface area contributed by atoms with Gasteiger partial charge in [0.2, 0.25) is 5.91 Å². The van der Waals surface area contributed by atoms with E-state index in [-0.39, 0.29) is 5.92 Å². The van der Waals surface area contributed by atoms with Gasteiger partial charge < -0.3 is 14.7 Å². The van der Waals surface area contributed by atoms with E-state index in [4.69, 9.17) is 0 Å². The first kappa shape index (κ1) is 19.4. The van der Waals surface area contributed by atoms with Crippen LogP contribution in [0, 0.1) is 5.92 Å². The van der Waals surface area contributed by atoms with Crippen molar-refractivity contribution < 1.29 is 14.6 Å². The lowest BCUT2D eigenvalue weighted by Gasteiger charge is -2.35. The Kier molecular flexibility index (Phi) is 6.71. The Morgan fingerprint density at radius 2 is 1.65 bits per heavy atom. The van der Waals surface area contributed by atoms with Crippen LogP contribution in [-0.4, -0.2) is 56.6 Å². The predicted octanol–water partition coefficient (Wildman–Crippen LogP) is 0.352. The minimum atomic E-state index is 0.269. The number of piperidine rings is 1. The molecule has 3 rings (SSSR count). The minimum Gasteiger partial charge on any atom is -0.332 e. The Morgan fingerprint density at radius 1 is 1.04 bits per heavy atom. The van der Waals surface area contributed by atoms with Crippen LogP contribution >= 0.6 is 0 Å². The second-order valence-electron chi connectivity index (χ2n) is 8.53. The minimum absolute atomic E-state index is 0.269. The fourth-order valence-corrected chi connectivity index (χ4v) is 4.41. The fourth-order valence-electron chi connectivity index (χ4n) is 4.41. The van der Waals surface area contributed by atoms with E-state index >= 15 is 0 Å². The van der Waals surface area contributed by atoms with Crippen LogP contribution in [0.4, 0.5) is 0 Å². The Balaban J connectivity index is 1.44. The number of nitrogens with one attached hydrogen (secondary N) is 2. The number of carbonyl (C=O) groups excluding carboxylic acids is 1. The zero-order valence-corrected chi connectivity index (χ0v) is 16.9. The maximum atomic E-state index is 12.8. The van der Waals surface area contributed by atoms with Gasteiger partial charge in [0.15, 0.2) is 0 Å². The first-order valence-electron chi connectivity index (χ1n) is 10.6. The van der Waals surface area contributed by atoms with Crippen molar-refractivity contribution in [3.05, 3.63) is 35.4 Å². The molecule has 0 spiro atoms. The molecular weight excluding hydrogens is 322 g/mol. The van der Waals surface area contributed by atoms with Gasteiger partial charge in [0.05, 0.1) is 45.8 Å². The molecule has 0 radical (unpaired) electrons. The third kappa shape index (κ3) is 4.86. The van der Waals surface area contributed by atoms with E-state index in [1.807, 2.05) is 0 Å². The quantitative estimate of drug-likeness (QED) is 0.781. The van der Waals surface area contributed by atoms with Crippen molar-refractivity contribution in [3.63, 3.8) is 0 Å². The van der Waals surface area contributed by atoms with Gasteiger partial charge in [0.1, 0.15) is 6.54 Å². The Bertz CT molecular complexity index is 568. The molecule has 0 unspecified atom stereocenters. The molecule has 144 valence electrons. The van der Waals surface area contributed by atoms with Crippen LogP contribution in [0.5, 0.6) is 0 Å². The molecule has 0 aromatic heterocycles. The van der Waals surface area contributed by atoms with Crippen molar-refractivity contribution in [2.75, 3.05) is 45.8 Å². The van der Waals surface area contributed by atoms with E-state index in [0.717, 1.165) is 58.7 Å². The number of quaternary nitrogens is 2. The summed E-state index contributed by atoms with van der Waals surface area (Å²) in [6.45, 7) is 15.4. The number of piperazine rings is 1. The van der Waals surface area contributed by atoms with Crippen LogP contribution in [0.3, 0.4) is 0 Å². The number of amides is 1. The molecule has 1 aromatic rings. The first-order chi connectivity index (χ1) is 12.6. The molecular formula is C22H37N3O+2. The lowest BCUT2D eigenvalue weighted by atomic mass is 9.94. The molecule has 0 bridgehead atoms. The molecule has 0 saturated carbocycles. The number of rotatable bonds is 5. The number of carbonyl (C=O) groups is 1. The summed E-state index contributed by atoms with van der Waals surface area (Å²) in [5.74, 6) is 1.30. The van der Waals surface area contributed by atoms with Crippen molar-refractivity contribution in [1.29, 1.82) is 0 Å². The third-order valence-electron chi connectivity index (χ3n) is 6.42. The first-order valence-corrected chi connectivity index (χ1v) is 10.6. The van der Waals surface area contributed by atoms with Gasteiger partial charge in [-0.1, -0.05) is 38.1 Å². The Labute approximate surface area is 159 Å². The summed E-state index contributed by atoms with van der Waals surface area (Å²) in [5.41, 5.74) is 2.84. The van der Waals surface area contributed by atoms with Gasteiger partial charge >= 0.3 is 0 Å². The number of benzene rings is 1. The molecule has 2 N–H and O–H groups in total. The third-order valence-corrected chi connectivity index (χ3v) is 6.42. The number of hydrogen-bond donors (Lipinski definition) is 2. The maximum absolute atomic E-state index is 12.8. The summed E-state index contributed by atoms with van der Waals surface area (Å²) in [7, 11) is 0. The molecule has 2 heterocycles. The highest BCUT2D eigenvalue weighted by Crippen LogP contribution is 2.16. The van der Waals surface area contributed by atoms with Crippen LogP contribution in [0.25, 0.3) is 0 Å². The summed E-state index contributed by atoms with van der Waals surface area (Å²) in [5, 5.41) is 0. The summed E-state index contributed by atoms with van der Waals surface area (Å²) < 4.78 is 0. The van der Waals surface area contributed by atoms with Gasteiger partial charge in [-0.25, -0.2) is 0 Å². The van der Waals surface area contributed by atoms with E-state index in [2.05, 4.69) is 49.9 Å². The highest BCUT2D eigenvalue weighted by Gasteiger charge is 2.32. The second-order valence-corrected chi connectivity index (χ2v) is 8.53. The molecule has 2 aliphatic rings. The largest absolute Gasteiger partial charge is 0.332 e. The van der Waals surface area contributed by atoms with Gasteiger partial charge in [0.25, 0.3) is 0 Å². The van der Waals surface area contributed by atoms with E-state index in [1.165, 1.54) is 17.7 Å². The van der Waals surface area contributed by atoms with Crippen molar-refractivity contribution in [3.8, 4) is 0 Å². The molecule has 2 aliphatic heterocycles. The molecule has 2 saturated heterocycles. The van der Waals surface area contributed by atoms with Crippen LogP contribution in [0.1, 0.15) is 50.7 Å². The normalized spacial score (nSPS) is 24.8. The van der Waals surface area contributed by atoms with Gasteiger partial charge in [-0.15, -0.1) is 0 Å². The average Bonchev–Trinajstić information content (AvgIpc) is 2.68. The molecule has 26 heavy (non-hydrogen) atoms. The van der Waals surface area contributed by atoms with E-state index in [0.29, 0.717) is 11.8 Å². The van der Waals surface area contributed by atoms with Gasteiger partial charge in [-0.3, -0.25) is 4.79 Å². The van der Waals surface area contributed by atoms with Crippen molar-refractivity contribution >= 4 is 5.91 Å². The van der Waals surface area contributed by atoms with Crippen molar-refractivity contribution in [2.45, 2.75) is 46.1 Å². The molecule has 4 nitrogen and oxygen atoms in total. The van der Waals surface area contributed by atoms with Crippen LogP contribution < -0.4 is 9.80 Å². The molecule has 4 heteroatoms. The average molecular weight is 360 g/mol. The summed E-state index contributed by atoms with van der Waals surface area (Å²) in [4.78, 5) is 18.2. The zero-order chi connectivity index (χ0) is 18.5. The molecule has 1 aromatic carbocycles. The highest BCUT2D eigenvalue weighted by atomic mass is 16.2. The Morgan fingerprint density at radius 3 is 2.19 bits per heavy atom. The van der Waals surface area contributed by atoms with E-state index in [9.17, 15) is 4.79 Å². The van der Waals surface area contributed by atoms with Gasteiger partial charge in [-0.2, -0.15) is 0 Å². The summed E-state index contributed by atoms with van der Waals surface area (Å²) in [6, 6.07) is 9.12. The number of hydrogen-bond acceptors (Lipinski definition) is 1. The molecule has 2 fully saturated rings. The lowest BCUT2D eigenvalue weighted by molar-refractivity contribution is -0.919. The smallest absolute Gasteiger partial charge is 0.226 e. The van der Waals surface area contributed by atoms with Crippen LogP contribution in [-0.2, 0) is 11.3 Å². The number of likely N-dealkylation sites (tertiary alicyclic amines) is 1. The van der Waals surface area contributed by atoms with E-state index < -0.39 is 0 Å². The zero-order valence-electron chi connectivity index (χ0n) is 16.9. The SMILES string of the molecule is CC[NH+]1CCN(C(=O)C2CC[NH+](Cc3ccc(C(C)C)cc3)CC2)CC1. The monoisotopic (exact) mass is 359 g/mol. The topological polar surface area (TPSA) is 29.2 Å². The van der Waals surface area contributed by atoms with E-state index in [1.54, 1.807) is 9.80 Å². The lowest BCUT2D eigenvalue weighted by Crippen LogP contribution is -3.14. The van der Waals surface area contributed by atoms with Gasteiger partial charge in [-0.05, 0) is 18.4 Å². The second kappa shape index (κ2) is 9.01. The number of nitrogens with zero attached hydrogens (tertiary/aromatic N) is 1. The fraction of sp³-hybridized carbons (Fsp3) is 0.682. The molecule has 1 amide bonds. The summed E-state index contributed by atoms with van der Waals surface area (Å²) in [6.07, 6.45) is 2.11. The molecule has 0 aliphatic carbocycles. The number of likely N-dealkylation sites (N-methyl/N-ethyl adjacent to an activating group) is 1. The standard InChI is InChI=1S/C22H35N3O/c1-4-23-13-15-25(16-14-23)22(26)21-9-11-24(12-10-21)17-19-5-7-20(8-6-19)18(2)3/h5-8,18,21H,4,9-17H2,1-3H3/p+2. The van der Waals surface area contributed by atoms with Crippen molar-refractivity contribution in [1.82, 2.24) is 4.90 Å². The molecule has 0 atom stereocenters.